The topological polar surface area (TPSA) is 47.3 Å². The molecule has 1 unspecified atom stereocenters. The van der Waals surface area contributed by atoms with Crippen molar-refractivity contribution in [3.8, 4) is 0 Å². The van der Waals surface area contributed by atoms with Gasteiger partial charge in [0.05, 0.1) is 6.61 Å². The Balaban J connectivity index is 2.04. The summed E-state index contributed by atoms with van der Waals surface area (Å²) in [5.41, 5.74) is 7.18. The highest BCUT2D eigenvalue weighted by Gasteiger charge is 2.13. The fourth-order valence-electron chi connectivity index (χ4n) is 2.40. The molecule has 0 radical (unpaired) electrons. The van der Waals surface area contributed by atoms with E-state index in [9.17, 15) is 0 Å². The third-order valence-electron chi connectivity index (χ3n) is 3.25. The second-order valence-corrected chi connectivity index (χ2v) is 4.48. The number of nitrogens with one attached hydrogen (secondary N) is 1. The number of ether oxygens (including phenoxy) is 1. The van der Waals surface area contributed by atoms with Gasteiger partial charge in [-0.15, -0.1) is 0 Å². The summed E-state index contributed by atoms with van der Waals surface area (Å²) < 4.78 is 5.12. The van der Waals surface area contributed by atoms with Gasteiger partial charge in [-0.2, -0.15) is 0 Å². The first-order valence-corrected chi connectivity index (χ1v) is 5.89. The van der Waals surface area contributed by atoms with Crippen LogP contribution in [0, 0.1) is 0 Å². The molecule has 1 aromatic rings. The van der Waals surface area contributed by atoms with E-state index >= 15 is 0 Å². The Labute approximate surface area is 97.0 Å². The molecule has 1 aliphatic rings. The molecular weight excluding hydrogens is 200 g/mol. The van der Waals surface area contributed by atoms with E-state index in [1.807, 2.05) is 0 Å². The first kappa shape index (κ1) is 11.6. The van der Waals surface area contributed by atoms with Gasteiger partial charge in [0.1, 0.15) is 0 Å². The molecule has 0 fully saturated rings. The maximum Gasteiger partial charge on any atom is 0.0632 e. The maximum absolute atomic E-state index is 5.49. The van der Waals surface area contributed by atoms with Crippen molar-refractivity contribution < 1.29 is 4.74 Å². The molecule has 1 aliphatic carbocycles. The first-order valence-electron chi connectivity index (χ1n) is 5.89. The second-order valence-electron chi connectivity index (χ2n) is 4.48. The highest BCUT2D eigenvalue weighted by atomic mass is 16.5. The Morgan fingerprint density at radius 1 is 1.38 bits per heavy atom. The van der Waals surface area contributed by atoms with Gasteiger partial charge in [-0.1, -0.05) is 18.2 Å². The maximum atomic E-state index is 5.49. The lowest BCUT2D eigenvalue weighted by Gasteiger charge is -2.15. The third-order valence-corrected chi connectivity index (χ3v) is 3.25. The zero-order valence-electron chi connectivity index (χ0n) is 9.83. The molecule has 3 nitrogen and oxygen atoms in total. The molecule has 0 amide bonds. The van der Waals surface area contributed by atoms with Crippen LogP contribution >= 0.6 is 0 Å². The number of fused-ring (bicyclic) bond motifs is 1. The van der Waals surface area contributed by atoms with Crippen molar-refractivity contribution in [3.05, 3.63) is 34.9 Å². The summed E-state index contributed by atoms with van der Waals surface area (Å²) in [7, 11) is 1.70. The van der Waals surface area contributed by atoms with Gasteiger partial charge < -0.3 is 4.74 Å². The van der Waals surface area contributed by atoms with Crippen molar-refractivity contribution in [1.82, 2.24) is 5.43 Å². The van der Waals surface area contributed by atoms with Crippen LogP contribution in [0.2, 0.25) is 0 Å². The van der Waals surface area contributed by atoms with E-state index in [0.29, 0.717) is 6.61 Å². The summed E-state index contributed by atoms with van der Waals surface area (Å²) >= 11 is 0. The Kier molecular flexibility index (Phi) is 3.93. The van der Waals surface area contributed by atoms with Crippen LogP contribution < -0.4 is 11.3 Å². The summed E-state index contributed by atoms with van der Waals surface area (Å²) in [5.74, 6) is 5.49. The monoisotopic (exact) mass is 220 g/mol. The number of benzene rings is 1. The van der Waals surface area contributed by atoms with Crippen molar-refractivity contribution >= 4 is 0 Å². The van der Waals surface area contributed by atoms with Crippen LogP contribution in [0.15, 0.2) is 18.2 Å². The second kappa shape index (κ2) is 5.43. The Bertz CT molecular complexity index is 352. The lowest BCUT2D eigenvalue weighted by Crippen LogP contribution is -2.40. The normalized spacial score (nSPS) is 16.1. The smallest absolute Gasteiger partial charge is 0.0632 e. The number of nitrogens with two attached hydrogens (primary N) is 1. The molecule has 1 aromatic carbocycles. The third kappa shape index (κ3) is 2.61. The van der Waals surface area contributed by atoms with Gasteiger partial charge in [0, 0.05) is 13.2 Å². The summed E-state index contributed by atoms with van der Waals surface area (Å²) in [4.78, 5) is 0. The van der Waals surface area contributed by atoms with Crippen LogP contribution in [0.4, 0.5) is 0 Å². The van der Waals surface area contributed by atoms with Crippen LogP contribution in [-0.2, 0) is 24.0 Å². The lowest BCUT2D eigenvalue weighted by molar-refractivity contribution is 0.166. The zero-order chi connectivity index (χ0) is 11.4. The molecule has 0 heterocycles. The van der Waals surface area contributed by atoms with Crippen molar-refractivity contribution in [2.75, 3.05) is 13.7 Å². The van der Waals surface area contributed by atoms with Gasteiger partial charge in [0.2, 0.25) is 0 Å². The lowest BCUT2D eigenvalue weighted by atomic mass is 10.0. The van der Waals surface area contributed by atoms with E-state index < -0.39 is 0 Å². The van der Waals surface area contributed by atoms with Gasteiger partial charge in [-0.05, 0) is 42.4 Å². The molecular formula is C13H20N2O. The van der Waals surface area contributed by atoms with E-state index in [-0.39, 0.29) is 6.04 Å². The quantitative estimate of drug-likeness (QED) is 0.579. The van der Waals surface area contributed by atoms with Crippen LogP contribution in [0.3, 0.4) is 0 Å². The van der Waals surface area contributed by atoms with Gasteiger partial charge in [-0.3, -0.25) is 11.3 Å². The van der Waals surface area contributed by atoms with Gasteiger partial charge in [0.25, 0.3) is 0 Å². The molecule has 0 aliphatic heterocycles. The average molecular weight is 220 g/mol. The minimum Gasteiger partial charge on any atom is -0.383 e. The SMILES string of the molecule is COCC(Cc1ccc2c(c1)CCC2)NN. The largest absolute Gasteiger partial charge is 0.383 e. The molecule has 2 rings (SSSR count). The Morgan fingerprint density at radius 3 is 2.94 bits per heavy atom. The van der Waals surface area contributed by atoms with Gasteiger partial charge >= 0.3 is 0 Å². The van der Waals surface area contributed by atoms with E-state index in [1.165, 1.54) is 36.0 Å². The molecule has 0 saturated carbocycles. The van der Waals surface area contributed by atoms with Crippen molar-refractivity contribution in [1.29, 1.82) is 0 Å². The number of hydrogen-bond donors (Lipinski definition) is 2. The minimum atomic E-state index is 0.199. The Morgan fingerprint density at radius 2 is 2.19 bits per heavy atom. The van der Waals surface area contributed by atoms with Crippen LogP contribution in [0.5, 0.6) is 0 Å². The molecule has 0 aromatic heterocycles. The zero-order valence-corrected chi connectivity index (χ0v) is 9.83. The predicted octanol–water partition coefficient (Wildman–Crippen LogP) is 1.20. The fraction of sp³-hybridized carbons (Fsp3) is 0.538. The molecule has 0 saturated heterocycles. The van der Waals surface area contributed by atoms with Crippen LogP contribution in [-0.4, -0.2) is 19.8 Å². The molecule has 88 valence electrons. The number of hydrazine groups is 1. The Hall–Kier alpha value is -0.900. The summed E-state index contributed by atoms with van der Waals surface area (Å²) in [5, 5.41) is 0. The fourth-order valence-corrected chi connectivity index (χ4v) is 2.40. The van der Waals surface area contributed by atoms with E-state index in [2.05, 4.69) is 23.6 Å². The number of aryl methyl sites for hydroxylation is 2. The summed E-state index contributed by atoms with van der Waals surface area (Å²) in [6.45, 7) is 0.646. The number of methoxy groups -OCH3 is 1. The molecule has 0 bridgehead atoms. The molecule has 0 spiro atoms. The molecule has 3 N–H and O–H groups in total. The highest BCUT2D eigenvalue weighted by molar-refractivity contribution is 5.35. The van der Waals surface area contributed by atoms with Crippen molar-refractivity contribution in [2.24, 2.45) is 5.84 Å². The minimum absolute atomic E-state index is 0.199. The van der Waals surface area contributed by atoms with Gasteiger partial charge in [0.15, 0.2) is 0 Å². The summed E-state index contributed by atoms with van der Waals surface area (Å²) in [6, 6.07) is 6.99. The van der Waals surface area contributed by atoms with Crippen LogP contribution in [0.1, 0.15) is 23.1 Å². The van der Waals surface area contributed by atoms with E-state index in [4.69, 9.17) is 10.6 Å². The van der Waals surface area contributed by atoms with E-state index in [0.717, 1.165) is 6.42 Å². The number of hydrogen-bond acceptors (Lipinski definition) is 3. The van der Waals surface area contributed by atoms with Gasteiger partial charge in [-0.25, -0.2) is 0 Å². The summed E-state index contributed by atoms with van der Waals surface area (Å²) in [6.07, 6.45) is 4.70. The molecule has 1 atom stereocenters. The molecule has 16 heavy (non-hydrogen) atoms. The van der Waals surface area contributed by atoms with E-state index in [1.54, 1.807) is 7.11 Å². The van der Waals surface area contributed by atoms with Crippen molar-refractivity contribution in [2.45, 2.75) is 31.7 Å². The number of rotatable bonds is 5. The first-order chi connectivity index (χ1) is 7.83. The standard InChI is InChI=1S/C13H20N2O/c1-16-9-13(15-14)8-10-5-6-11-3-2-4-12(11)7-10/h5-7,13,15H,2-4,8-9,14H2,1H3. The predicted molar refractivity (Wildman–Crippen MR) is 65.2 cm³/mol. The highest BCUT2D eigenvalue weighted by Crippen LogP contribution is 2.23. The molecule has 3 heteroatoms. The average Bonchev–Trinajstić information content (AvgIpc) is 2.75. The van der Waals surface area contributed by atoms with Crippen LogP contribution in [0.25, 0.3) is 0 Å². The van der Waals surface area contributed by atoms with Crippen molar-refractivity contribution in [3.63, 3.8) is 0 Å².